The molecule has 1 N–H and O–H groups in total. The van der Waals surface area contributed by atoms with Gasteiger partial charge in [0.15, 0.2) is 0 Å². The number of nitrogens with one attached hydrogen (secondary N) is 1. The highest BCUT2D eigenvalue weighted by atomic mass is 35.5. The van der Waals surface area contributed by atoms with Crippen LogP contribution in [0.15, 0.2) is 60.2 Å². The summed E-state index contributed by atoms with van der Waals surface area (Å²) in [6, 6.07) is 16.1. The molecule has 0 saturated carbocycles. The summed E-state index contributed by atoms with van der Waals surface area (Å²) >= 11 is 6.06. The SMILES string of the molecule is CCCOc1cc(NC(=O)C/C(C(=O)OCC)=C(/CC)c2cccc3ccccc23)c(F)cc1Cl. The molecule has 5 nitrogen and oxygen atoms in total. The fraction of sp³-hybridized carbons (Fsp3) is 0.286. The fourth-order valence-corrected chi connectivity index (χ4v) is 4.08. The molecular formula is C28H29ClFNO4. The van der Waals surface area contributed by atoms with E-state index in [1.165, 1.54) is 6.07 Å². The molecule has 0 radical (unpaired) electrons. The summed E-state index contributed by atoms with van der Waals surface area (Å²) in [7, 11) is 0. The van der Waals surface area contributed by atoms with Crippen molar-refractivity contribution < 1.29 is 23.5 Å². The highest BCUT2D eigenvalue weighted by Crippen LogP contribution is 2.33. The zero-order valence-electron chi connectivity index (χ0n) is 20.1. The third-order valence-electron chi connectivity index (χ3n) is 5.45. The van der Waals surface area contributed by atoms with Crippen molar-refractivity contribution in [2.24, 2.45) is 0 Å². The first kappa shape index (κ1) is 26.2. The quantitative estimate of drug-likeness (QED) is 0.238. The van der Waals surface area contributed by atoms with Crippen LogP contribution in [0, 0.1) is 5.82 Å². The Bertz CT molecular complexity index is 1250. The van der Waals surface area contributed by atoms with Gasteiger partial charge in [-0.2, -0.15) is 0 Å². The molecule has 0 aliphatic rings. The van der Waals surface area contributed by atoms with E-state index in [1.807, 2.05) is 56.3 Å². The van der Waals surface area contributed by atoms with Gasteiger partial charge in [-0.15, -0.1) is 0 Å². The maximum Gasteiger partial charge on any atom is 0.334 e. The largest absolute Gasteiger partial charge is 0.492 e. The Kier molecular flexibility index (Phi) is 9.26. The minimum atomic E-state index is -0.696. The van der Waals surface area contributed by atoms with E-state index in [-0.39, 0.29) is 35.1 Å². The van der Waals surface area contributed by atoms with Gasteiger partial charge >= 0.3 is 5.97 Å². The summed E-state index contributed by atoms with van der Waals surface area (Å²) in [4.78, 5) is 26.0. The lowest BCUT2D eigenvalue weighted by Crippen LogP contribution is -2.19. The third-order valence-corrected chi connectivity index (χ3v) is 5.74. The molecule has 0 aromatic heterocycles. The minimum Gasteiger partial charge on any atom is -0.492 e. The number of rotatable bonds is 10. The van der Waals surface area contributed by atoms with Gasteiger partial charge in [0.1, 0.15) is 11.6 Å². The van der Waals surface area contributed by atoms with Crippen molar-refractivity contribution in [3.63, 3.8) is 0 Å². The van der Waals surface area contributed by atoms with Gasteiger partial charge in [0.25, 0.3) is 0 Å². The van der Waals surface area contributed by atoms with Crippen LogP contribution in [0.5, 0.6) is 5.75 Å². The van der Waals surface area contributed by atoms with Crippen LogP contribution in [0.3, 0.4) is 0 Å². The summed E-state index contributed by atoms with van der Waals surface area (Å²) in [5.74, 6) is -1.55. The molecule has 3 rings (SSSR count). The Balaban J connectivity index is 1.99. The minimum absolute atomic E-state index is 0.0723. The maximum atomic E-state index is 14.5. The topological polar surface area (TPSA) is 64.6 Å². The Morgan fingerprint density at radius 3 is 2.49 bits per heavy atom. The van der Waals surface area contributed by atoms with Crippen LogP contribution in [-0.2, 0) is 14.3 Å². The number of hydrogen-bond acceptors (Lipinski definition) is 4. The first-order valence-electron chi connectivity index (χ1n) is 11.7. The van der Waals surface area contributed by atoms with Crippen molar-refractivity contribution in [3.05, 3.63) is 76.6 Å². The van der Waals surface area contributed by atoms with E-state index in [2.05, 4.69) is 5.32 Å². The molecule has 0 spiro atoms. The first-order chi connectivity index (χ1) is 16.9. The van der Waals surface area contributed by atoms with E-state index in [0.29, 0.717) is 18.6 Å². The summed E-state index contributed by atoms with van der Waals surface area (Å²) in [6.07, 6.45) is 0.968. The second kappa shape index (κ2) is 12.4. The molecule has 0 atom stereocenters. The van der Waals surface area contributed by atoms with E-state index < -0.39 is 17.7 Å². The van der Waals surface area contributed by atoms with Gasteiger partial charge in [-0.05, 0) is 47.7 Å². The maximum absolute atomic E-state index is 14.5. The predicted molar refractivity (Wildman–Crippen MR) is 138 cm³/mol. The molecule has 35 heavy (non-hydrogen) atoms. The summed E-state index contributed by atoms with van der Waals surface area (Å²) in [5.41, 5.74) is 1.73. The van der Waals surface area contributed by atoms with Crippen molar-refractivity contribution >= 4 is 45.5 Å². The molecular weight excluding hydrogens is 469 g/mol. The van der Waals surface area contributed by atoms with Crippen molar-refractivity contribution in [2.75, 3.05) is 18.5 Å². The van der Waals surface area contributed by atoms with Crippen LogP contribution in [0.25, 0.3) is 16.3 Å². The molecule has 0 aliphatic heterocycles. The standard InChI is InChI=1S/C28H29ClFNO4/c1-4-14-35-26-17-25(24(30)16-23(26)29)31-27(32)15-22(28(33)34-6-3)19(5-2)21-13-9-11-18-10-7-8-12-20(18)21/h7-13,16-17H,4-6,14-15H2,1-3H3,(H,31,32)/b22-19+. The van der Waals surface area contributed by atoms with Crippen LogP contribution >= 0.6 is 11.6 Å². The number of anilines is 1. The average molecular weight is 498 g/mol. The second-order valence-electron chi connectivity index (χ2n) is 7.89. The van der Waals surface area contributed by atoms with Crippen LogP contribution in [0.2, 0.25) is 5.02 Å². The molecule has 0 saturated heterocycles. The van der Waals surface area contributed by atoms with E-state index in [9.17, 15) is 14.0 Å². The number of amides is 1. The molecule has 0 unspecified atom stereocenters. The van der Waals surface area contributed by atoms with Gasteiger partial charge in [-0.3, -0.25) is 4.79 Å². The second-order valence-corrected chi connectivity index (χ2v) is 8.30. The Morgan fingerprint density at radius 2 is 1.77 bits per heavy atom. The molecule has 0 aliphatic carbocycles. The smallest absolute Gasteiger partial charge is 0.334 e. The number of fused-ring (bicyclic) bond motifs is 1. The highest BCUT2D eigenvalue weighted by molar-refractivity contribution is 6.32. The number of allylic oxidation sites excluding steroid dienone is 1. The van der Waals surface area contributed by atoms with E-state index in [0.717, 1.165) is 28.8 Å². The number of esters is 1. The van der Waals surface area contributed by atoms with Crippen LogP contribution in [0.1, 0.15) is 45.6 Å². The summed E-state index contributed by atoms with van der Waals surface area (Å²) in [5, 5.41) is 4.66. The zero-order chi connectivity index (χ0) is 25.4. The molecule has 1 amide bonds. The van der Waals surface area contributed by atoms with Crippen molar-refractivity contribution in [1.29, 1.82) is 0 Å². The lowest BCUT2D eigenvalue weighted by atomic mass is 9.91. The number of carbonyl (C=O) groups is 2. The van der Waals surface area contributed by atoms with E-state index in [1.54, 1.807) is 6.92 Å². The van der Waals surface area contributed by atoms with Gasteiger partial charge in [0.05, 0.1) is 35.9 Å². The predicted octanol–water partition coefficient (Wildman–Crippen LogP) is 7.18. The van der Waals surface area contributed by atoms with Crippen LogP contribution in [0.4, 0.5) is 10.1 Å². The van der Waals surface area contributed by atoms with Crippen LogP contribution in [-0.4, -0.2) is 25.1 Å². The van der Waals surface area contributed by atoms with Gasteiger partial charge in [0, 0.05) is 6.07 Å². The first-order valence-corrected chi connectivity index (χ1v) is 12.1. The number of hydrogen-bond donors (Lipinski definition) is 1. The molecule has 0 fully saturated rings. The molecule has 3 aromatic carbocycles. The van der Waals surface area contributed by atoms with Gasteiger partial charge in [-0.1, -0.05) is 67.9 Å². The van der Waals surface area contributed by atoms with Crippen molar-refractivity contribution in [2.45, 2.75) is 40.0 Å². The summed E-state index contributed by atoms with van der Waals surface area (Å²) < 4.78 is 25.4. The molecule has 7 heteroatoms. The summed E-state index contributed by atoms with van der Waals surface area (Å²) in [6.45, 7) is 6.13. The lowest BCUT2D eigenvalue weighted by molar-refractivity contribution is -0.139. The normalized spacial score (nSPS) is 11.7. The van der Waals surface area contributed by atoms with Crippen molar-refractivity contribution in [3.8, 4) is 5.75 Å². The van der Waals surface area contributed by atoms with E-state index >= 15 is 0 Å². The molecule has 0 heterocycles. The van der Waals surface area contributed by atoms with Gasteiger partial charge in [0.2, 0.25) is 5.91 Å². The number of carbonyl (C=O) groups excluding carboxylic acids is 2. The third kappa shape index (κ3) is 6.40. The zero-order valence-corrected chi connectivity index (χ0v) is 20.9. The number of halogens is 2. The average Bonchev–Trinajstić information content (AvgIpc) is 2.85. The van der Waals surface area contributed by atoms with Gasteiger partial charge < -0.3 is 14.8 Å². The Morgan fingerprint density at radius 1 is 1.03 bits per heavy atom. The van der Waals surface area contributed by atoms with Crippen molar-refractivity contribution in [1.82, 2.24) is 0 Å². The lowest BCUT2D eigenvalue weighted by Gasteiger charge is -2.16. The molecule has 184 valence electrons. The Labute approximate surface area is 209 Å². The molecule has 0 bridgehead atoms. The number of benzene rings is 3. The molecule has 3 aromatic rings. The van der Waals surface area contributed by atoms with E-state index in [4.69, 9.17) is 21.1 Å². The monoisotopic (exact) mass is 497 g/mol. The Hall–Kier alpha value is -3.38. The highest BCUT2D eigenvalue weighted by Gasteiger charge is 2.22. The van der Waals surface area contributed by atoms with Gasteiger partial charge in [-0.25, -0.2) is 9.18 Å². The number of ether oxygens (including phenoxy) is 2. The van der Waals surface area contributed by atoms with Crippen LogP contribution < -0.4 is 10.1 Å². The fourth-order valence-electron chi connectivity index (χ4n) is 3.88.